The fourth-order valence-electron chi connectivity index (χ4n) is 1.78. The van der Waals surface area contributed by atoms with Gasteiger partial charge in [0.05, 0.1) is 5.54 Å². The van der Waals surface area contributed by atoms with Crippen LogP contribution in [0.25, 0.3) is 0 Å². The molecule has 0 fully saturated rings. The Morgan fingerprint density at radius 2 is 2.07 bits per heavy atom. The van der Waals surface area contributed by atoms with E-state index in [0.29, 0.717) is 12.0 Å². The SMILES string of the molecule is CC1=CCC(N)(c2ccccc2F)C=C1. The summed E-state index contributed by atoms with van der Waals surface area (Å²) in [6, 6.07) is 6.68. The molecule has 1 atom stereocenters. The fourth-order valence-corrected chi connectivity index (χ4v) is 1.78. The molecule has 1 aliphatic carbocycles. The van der Waals surface area contributed by atoms with E-state index >= 15 is 0 Å². The van der Waals surface area contributed by atoms with Crippen LogP contribution in [-0.4, -0.2) is 0 Å². The van der Waals surface area contributed by atoms with Crippen LogP contribution in [0.3, 0.4) is 0 Å². The van der Waals surface area contributed by atoms with Crippen molar-refractivity contribution in [2.75, 3.05) is 0 Å². The maximum atomic E-state index is 13.6. The Kier molecular flexibility index (Phi) is 2.45. The normalized spacial score (nSPS) is 25.1. The van der Waals surface area contributed by atoms with Crippen LogP contribution in [0.5, 0.6) is 0 Å². The molecule has 2 N–H and O–H groups in total. The quantitative estimate of drug-likeness (QED) is 0.746. The molecule has 0 amide bonds. The molecule has 2 rings (SSSR count). The first-order valence-corrected chi connectivity index (χ1v) is 5.02. The van der Waals surface area contributed by atoms with Crippen LogP contribution in [0, 0.1) is 5.82 Å². The maximum absolute atomic E-state index is 13.6. The Labute approximate surface area is 89.1 Å². The molecule has 1 unspecified atom stereocenters. The van der Waals surface area contributed by atoms with Crippen molar-refractivity contribution in [1.82, 2.24) is 0 Å². The van der Waals surface area contributed by atoms with Crippen molar-refractivity contribution >= 4 is 0 Å². The molecule has 1 aromatic carbocycles. The molecule has 2 heteroatoms. The average Bonchev–Trinajstić information content (AvgIpc) is 2.23. The minimum atomic E-state index is -0.690. The summed E-state index contributed by atoms with van der Waals surface area (Å²) in [4.78, 5) is 0. The van der Waals surface area contributed by atoms with Gasteiger partial charge in [-0.3, -0.25) is 0 Å². The zero-order valence-electron chi connectivity index (χ0n) is 8.70. The predicted octanol–water partition coefficient (Wildman–Crippen LogP) is 2.89. The Balaban J connectivity index is 2.40. The van der Waals surface area contributed by atoms with E-state index in [1.807, 2.05) is 31.2 Å². The van der Waals surface area contributed by atoms with Crippen molar-refractivity contribution in [3.05, 3.63) is 59.4 Å². The van der Waals surface area contributed by atoms with Gasteiger partial charge in [-0.25, -0.2) is 4.39 Å². The number of nitrogens with two attached hydrogens (primary N) is 1. The first-order valence-electron chi connectivity index (χ1n) is 5.02. The molecular weight excluding hydrogens is 189 g/mol. The van der Waals surface area contributed by atoms with E-state index in [0.717, 1.165) is 0 Å². The molecule has 78 valence electrons. The smallest absolute Gasteiger partial charge is 0.128 e. The molecule has 0 saturated heterocycles. The zero-order valence-corrected chi connectivity index (χ0v) is 8.70. The van der Waals surface area contributed by atoms with Crippen molar-refractivity contribution in [3.63, 3.8) is 0 Å². The second-order valence-electron chi connectivity index (χ2n) is 4.01. The van der Waals surface area contributed by atoms with Crippen molar-refractivity contribution in [1.29, 1.82) is 0 Å². The van der Waals surface area contributed by atoms with Crippen LogP contribution in [-0.2, 0) is 5.54 Å². The van der Waals surface area contributed by atoms with E-state index in [9.17, 15) is 4.39 Å². The summed E-state index contributed by atoms with van der Waals surface area (Å²) in [6.45, 7) is 2.01. The van der Waals surface area contributed by atoms with Gasteiger partial charge in [0, 0.05) is 5.56 Å². The van der Waals surface area contributed by atoms with Gasteiger partial charge in [0.2, 0.25) is 0 Å². The van der Waals surface area contributed by atoms with Gasteiger partial charge in [-0.05, 0) is 19.4 Å². The number of hydrogen-bond donors (Lipinski definition) is 1. The monoisotopic (exact) mass is 203 g/mol. The summed E-state index contributed by atoms with van der Waals surface area (Å²) < 4.78 is 13.6. The van der Waals surface area contributed by atoms with Crippen LogP contribution in [0.2, 0.25) is 0 Å². The molecule has 15 heavy (non-hydrogen) atoms. The molecule has 0 heterocycles. The largest absolute Gasteiger partial charge is 0.318 e. The first kappa shape index (κ1) is 10.1. The Bertz CT molecular complexity index is 434. The van der Waals surface area contributed by atoms with E-state index in [2.05, 4.69) is 0 Å². The molecule has 0 bridgehead atoms. The number of hydrogen-bond acceptors (Lipinski definition) is 1. The highest BCUT2D eigenvalue weighted by molar-refractivity contribution is 5.37. The summed E-state index contributed by atoms with van der Waals surface area (Å²) in [6.07, 6.45) is 6.50. The van der Waals surface area contributed by atoms with Gasteiger partial charge in [0.15, 0.2) is 0 Å². The van der Waals surface area contributed by atoms with Crippen molar-refractivity contribution in [2.24, 2.45) is 5.73 Å². The summed E-state index contributed by atoms with van der Waals surface area (Å²) >= 11 is 0. The van der Waals surface area contributed by atoms with E-state index < -0.39 is 5.54 Å². The highest BCUT2D eigenvalue weighted by Gasteiger charge is 2.27. The van der Waals surface area contributed by atoms with Crippen molar-refractivity contribution in [2.45, 2.75) is 18.9 Å². The lowest BCUT2D eigenvalue weighted by molar-refractivity contribution is 0.509. The van der Waals surface area contributed by atoms with Gasteiger partial charge in [0.25, 0.3) is 0 Å². The lowest BCUT2D eigenvalue weighted by atomic mass is 9.83. The number of allylic oxidation sites excluding steroid dienone is 2. The van der Waals surface area contributed by atoms with Crippen LogP contribution in [0.4, 0.5) is 4.39 Å². The standard InChI is InChI=1S/C13H14FN/c1-10-6-8-13(15,9-7-10)11-4-2-3-5-12(11)14/h2-8H,9,15H2,1H3. The van der Waals surface area contributed by atoms with Crippen molar-refractivity contribution < 1.29 is 4.39 Å². The predicted molar refractivity (Wildman–Crippen MR) is 59.8 cm³/mol. The molecular formula is C13H14FN. The third-order valence-corrected chi connectivity index (χ3v) is 2.78. The van der Waals surface area contributed by atoms with Crippen LogP contribution in [0.15, 0.2) is 48.1 Å². The summed E-state index contributed by atoms with van der Waals surface area (Å²) in [5, 5.41) is 0. The lowest BCUT2D eigenvalue weighted by Gasteiger charge is -2.28. The van der Waals surface area contributed by atoms with Gasteiger partial charge in [0.1, 0.15) is 5.82 Å². The molecule has 0 radical (unpaired) electrons. The molecule has 1 nitrogen and oxygen atoms in total. The minimum Gasteiger partial charge on any atom is -0.318 e. The van der Waals surface area contributed by atoms with E-state index in [1.165, 1.54) is 11.6 Å². The minimum absolute atomic E-state index is 0.238. The van der Waals surface area contributed by atoms with Gasteiger partial charge in [-0.15, -0.1) is 0 Å². The third-order valence-electron chi connectivity index (χ3n) is 2.78. The first-order chi connectivity index (χ1) is 7.12. The van der Waals surface area contributed by atoms with Crippen LogP contribution >= 0.6 is 0 Å². The highest BCUT2D eigenvalue weighted by Crippen LogP contribution is 2.30. The highest BCUT2D eigenvalue weighted by atomic mass is 19.1. The number of halogens is 1. The van der Waals surface area contributed by atoms with Crippen LogP contribution in [0.1, 0.15) is 18.9 Å². The molecule has 1 aromatic rings. The van der Waals surface area contributed by atoms with Gasteiger partial charge in [-0.1, -0.05) is 42.0 Å². The fraction of sp³-hybridized carbons (Fsp3) is 0.231. The molecule has 0 saturated carbocycles. The van der Waals surface area contributed by atoms with E-state index in [4.69, 9.17) is 5.73 Å². The van der Waals surface area contributed by atoms with Crippen molar-refractivity contribution in [3.8, 4) is 0 Å². The van der Waals surface area contributed by atoms with Gasteiger partial charge < -0.3 is 5.73 Å². The topological polar surface area (TPSA) is 26.0 Å². The zero-order chi connectivity index (χ0) is 10.9. The molecule has 0 spiro atoms. The Hall–Kier alpha value is -1.41. The maximum Gasteiger partial charge on any atom is 0.128 e. The number of benzene rings is 1. The Morgan fingerprint density at radius 3 is 2.67 bits per heavy atom. The van der Waals surface area contributed by atoms with Gasteiger partial charge >= 0.3 is 0 Å². The second-order valence-corrected chi connectivity index (χ2v) is 4.01. The second kappa shape index (κ2) is 3.63. The van der Waals surface area contributed by atoms with Crippen LogP contribution < -0.4 is 5.73 Å². The van der Waals surface area contributed by atoms with E-state index in [1.54, 1.807) is 12.1 Å². The Morgan fingerprint density at radius 1 is 1.33 bits per heavy atom. The molecule has 0 aromatic heterocycles. The molecule has 1 aliphatic rings. The summed E-state index contributed by atoms with van der Waals surface area (Å²) in [7, 11) is 0. The summed E-state index contributed by atoms with van der Waals surface area (Å²) in [5.74, 6) is -0.238. The van der Waals surface area contributed by atoms with E-state index in [-0.39, 0.29) is 5.82 Å². The summed E-state index contributed by atoms with van der Waals surface area (Å²) in [5.41, 5.74) is 7.22. The number of rotatable bonds is 1. The third kappa shape index (κ3) is 1.85. The molecule has 0 aliphatic heterocycles. The average molecular weight is 203 g/mol. The van der Waals surface area contributed by atoms with Gasteiger partial charge in [-0.2, -0.15) is 0 Å². The lowest BCUT2D eigenvalue weighted by Crippen LogP contribution is -2.36.